The van der Waals surface area contributed by atoms with Crippen molar-refractivity contribution in [1.29, 1.82) is 0 Å². The molecule has 2 aromatic heterocycles. The predicted octanol–water partition coefficient (Wildman–Crippen LogP) is 6.50. The minimum atomic E-state index is -0.522. The summed E-state index contributed by atoms with van der Waals surface area (Å²) >= 11 is 2.68. The van der Waals surface area contributed by atoms with Crippen molar-refractivity contribution in [1.82, 2.24) is 0 Å². The van der Waals surface area contributed by atoms with Gasteiger partial charge in [-0.3, -0.25) is 19.2 Å². The minimum Gasteiger partial charge on any atom is -0.493 e. The fourth-order valence-electron chi connectivity index (χ4n) is 4.44. The van der Waals surface area contributed by atoms with E-state index in [1.165, 1.54) is 36.9 Å². The number of rotatable bonds is 16. The Morgan fingerprint density at radius 3 is 1.66 bits per heavy atom. The van der Waals surface area contributed by atoms with Crippen LogP contribution in [-0.4, -0.2) is 65.2 Å². The summed E-state index contributed by atoms with van der Waals surface area (Å²) in [6.45, 7) is 2.36. The van der Waals surface area contributed by atoms with Gasteiger partial charge in [-0.1, -0.05) is 6.92 Å². The van der Waals surface area contributed by atoms with Crippen molar-refractivity contribution in [2.24, 2.45) is 5.92 Å². The van der Waals surface area contributed by atoms with E-state index >= 15 is 0 Å². The summed E-state index contributed by atoms with van der Waals surface area (Å²) in [6, 6.07) is 10.9. The molecule has 0 aliphatic rings. The highest BCUT2D eigenvalue weighted by molar-refractivity contribution is 7.21. The van der Waals surface area contributed by atoms with Gasteiger partial charge in [0.1, 0.15) is 0 Å². The molecule has 0 unspecified atom stereocenters. The second-order valence-electron chi connectivity index (χ2n) is 9.90. The molecule has 0 aliphatic heterocycles. The van der Waals surface area contributed by atoms with Crippen molar-refractivity contribution >= 4 is 66.4 Å². The zero-order valence-electron chi connectivity index (χ0n) is 25.2. The van der Waals surface area contributed by atoms with Gasteiger partial charge in [0.2, 0.25) is 0 Å². The number of benzene rings is 2. The number of ether oxygens (including phenoxy) is 6. The second kappa shape index (κ2) is 15.0. The van der Waals surface area contributed by atoms with E-state index in [2.05, 4.69) is 4.74 Å². The molecule has 10 nitrogen and oxygen atoms in total. The SMILES string of the molecule is COC(=O)CCC(=O)c1cc2cc(OCCCOc3cc4cc(C(=O)C[C@H](C)C(=O)OC)sc4cc3OC)c(OC)cc2s1. The third kappa shape index (κ3) is 7.86. The Hall–Kier alpha value is -4.16. The van der Waals surface area contributed by atoms with Crippen LogP contribution in [0.5, 0.6) is 23.0 Å². The normalized spacial score (nSPS) is 11.7. The maximum atomic E-state index is 12.7. The molecular formula is C32H34O10S2. The second-order valence-corrected chi connectivity index (χ2v) is 12.1. The lowest BCUT2D eigenvalue weighted by Gasteiger charge is -2.13. The predicted molar refractivity (Wildman–Crippen MR) is 168 cm³/mol. The van der Waals surface area contributed by atoms with Crippen molar-refractivity contribution in [2.45, 2.75) is 32.6 Å². The lowest BCUT2D eigenvalue weighted by atomic mass is 10.0. The van der Waals surface area contributed by atoms with Crippen LogP contribution < -0.4 is 18.9 Å². The van der Waals surface area contributed by atoms with E-state index in [1.54, 1.807) is 33.3 Å². The fourth-order valence-corrected chi connectivity index (χ4v) is 6.50. The summed E-state index contributed by atoms with van der Waals surface area (Å²) in [5.74, 6) is 0.572. The summed E-state index contributed by atoms with van der Waals surface area (Å²) < 4.78 is 34.1. The number of hydrogen-bond donors (Lipinski definition) is 0. The fraction of sp³-hybridized carbons (Fsp3) is 0.375. The van der Waals surface area contributed by atoms with Crippen molar-refractivity contribution in [2.75, 3.05) is 41.7 Å². The first-order chi connectivity index (χ1) is 21.2. The smallest absolute Gasteiger partial charge is 0.308 e. The van der Waals surface area contributed by atoms with E-state index in [4.69, 9.17) is 23.7 Å². The van der Waals surface area contributed by atoms with Crippen molar-refractivity contribution in [3.8, 4) is 23.0 Å². The summed E-state index contributed by atoms with van der Waals surface area (Å²) in [5.41, 5.74) is 0. The number of esters is 2. The maximum absolute atomic E-state index is 12.7. The highest BCUT2D eigenvalue weighted by atomic mass is 32.1. The Labute approximate surface area is 262 Å². The largest absolute Gasteiger partial charge is 0.493 e. The monoisotopic (exact) mass is 642 g/mol. The van der Waals surface area contributed by atoms with Crippen molar-refractivity contribution in [3.63, 3.8) is 0 Å². The zero-order valence-corrected chi connectivity index (χ0v) is 26.8. The molecule has 0 amide bonds. The Balaban J connectivity index is 1.36. The number of carbonyl (C=O) groups is 4. The molecule has 0 spiro atoms. The van der Waals surface area contributed by atoms with Crippen LogP contribution in [0.3, 0.4) is 0 Å². The molecule has 1 atom stereocenters. The zero-order chi connectivity index (χ0) is 31.8. The summed E-state index contributed by atoms with van der Waals surface area (Å²) in [6.07, 6.45) is 0.747. The lowest BCUT2D eigenvalue weighted by molar-refractivity contribution is -0.144. The molecule has 2 aromatic carbocycles. The van der Waals surface area contributed by atoms with E-state index in [-0.39, 0.29) is 30.8 Å². The first-order valence-corrected chi connectivity index (χ1v) is 15.5. The Morgan fingerprint density at radius 1 is 0.659 bits per heavy atom. The number of Topliss-reactive ketones (excluding diaryl/α,β-unsaturated/α-hetero) is 2. The van der Waals surface area contributed by atoms with Gasteiger partial charge >= 0.3 is 11.9 Å². The van der Waals surface area contributed by atoms with Crippen LogP contribution in [0.1, 0.15) is 52.0 Å². The standard InChI is InChI=1S/C32H34O10S2/c1-18(32(36)40-5)11-22(34)30-15-20-13-26(24(38-3)17-28(20)44-30)42-10-6-9-41-25-12-19-14-29(21(33)7-8-31(35)39-4)43-27(19)16-23(25)37-2/h12-18H,6-11H2,1-5H3/t18-/m0/s1. The van der Waals surface area contributed by atoms with Crippen LogP contribution in [0.25, 0.3) is 20.2 Å². The third-order valence-corrected chi connectivity index (χ3v) is 9.12. The number of carbonyl (C=O) groups excluding carboxylic acids is 4. The van der Waals surface area contributed by atoms with E-state index in [0.29, 0.717) is 52.4 Å². The Morgan fingerprint density at radius 2 is 1.18 bits per heavy atom. The van der Waals surface area contributed by atoms with E-state index in [1.807, 2.05) is 24.3 Å². The van der Waals surface area contributed by atoms with Gasteiger partial charge in [0, 0.05) is 40.8 Å². The van der Waals surface area contributed by atoms with E-state index in [9.17, 15) is 19.2 Å². The summed E-state index contributed by atoms with van der Waals surface area (Å²) in [7, 11) is 5.71. The van der Waals surface area contributed by atoms with Gasteiger partial charge in [-0.25, -0.2) is 0 Å². The maximum Gasteiger partial charge on any atom is 0.308 e. The van der Waals surface area contributed by atoms with Gasteiger partial charge < -0.3 is 28.4 Å². The van der Waals surface area contributed by atoms with Crippen LogP contribution in [0.2, 0.25) is 0 Å². The molecule has 0 N–H and O–H groups in total. The molecule has 12 heteroatoms. The van der Waals surface area contributed by atoms with Gasteiger partial charge in [-0.15, -0.1) is 22.7 Å². The number of thiophene rings is 2. The van der Waals surface area contributed by atoms with Crippen molar-refractivity contribution in [3.05, 3.63) is 46.2 Å². The Bertz CT molecular complexity index is 1670. The highest BCUT2D eigenvalue weighted by Crippen LogP contribution is 2.38. The molecule has 4 rings (SSSR count). The first-order valence-electron chi connectivity index (χ1n) is 13.9. The van der Waals surface area contributed by atoms with Gasteiger partial charge in [-0.05, 0) is 35.0 Å². The van der Waals surface area contributed by atoms with E-state index in [0.717, 1.165) is 20.2 Å². The number of methoxy groups -OCH3 is 4. The van der Waals surface area contributed by atoms with Gasteiger partial charge in [0.15, 0.2) is 34.6 Å². The van der Waals surface area contributed by atoms with Crippen LogP contribution >= 0.6 is 22.7 Å². The molecule has 2 heterocycles. The highest BCUT2D eigenvalue weighted by Gasteiger charge is 2.21. The van der Waals surface area contributed by atoms with Gasteiger partial charge in [-0.2, -0.15) is 0 Å². The van der Waals surface area contributed by atoms with E-state index < -0.39 is 17.9 Å². The summed E-state index contributed by atoms with van der Waals surface area (Å²) in [4.78, 5) is 49.5. The van der Waals surface area contributed by atoms with Crippen molar-refractivity contribution < 1.29 is 47.6 Å². The van der Waals surface area contributed by atoms with Gasteiger partial charge in [0.25, 0.3) is 0 Å². The molecule has 234 valence electrons. The third-order valence-electron chi connectivity index (χ3n) is 6.84. The van der Waals surface area contributed by atoms with Crippen LogP contribution in [0.15, 0.2) is 36.4 Å². The number of ketones is 2. The molecular weight excluding hydrogens is 608 g/mol. The average Bonchev–Trinajstić information content (AvgIpc) is 3.65. The Kier molecular flexibility index (Phi) is 11.2. The molecule has 0 fully saturated rings. The number of hydrogen-bond acceptors (Lipinski definition) is 12. The molecule has 0 radical (unpaired) electrons. The van der Waals surface area contributed by atoms with Crippen LogP contribution in [0.4, 0.5) is 0 Å². The number of fused-ring (bicyclic) bond motifs is 2. The first kappa shape index (κ1) is 32.7. The van der Waals surface area contributed by atoms with Gasteiger partial charge in [0.05, 0.1) is 63.7 Å². The molecule has 0 aliphatic carbocycles. The average molecular weight is 643 g/mol. The summed E-state index contributed by atoms with van der Waals surface area (Å²) in [5, 5.41) is 1.68. The molecule has 0 saturated heterocycles. The van der Waals surface area contributed by atoms with Crippen LogP contribution in [0, 0.1) is 5.92 Å². The molecule has 4 aromatic rings. The molecule has 44 heavy (non-hydrogen) atoms. The quantitative estimate of drug-likeness (QED) is 0.0760. The molecule has 0 bridgehead atoms. The topological polar surface area (TPSA) is 124 Å². The minimum absolute atomic E-state index is 0.0366. The molecule has 0 saturated carbocycles. The van der Waals surface area contributed by atoms with Crippen LogP contribution in [-0.2, 0) is 19.1 Å². The lowest BCUT2D eigenvalue weighted by Crippen LogP contribution is -2.16.